The van der Waals surface area contributed by atoms with Gasteiger partial charge in [0.2, 0.25) is 5.91 Å². The van der Waals surface area contributed by atoms with Crippen molar-refractivity contribution in [2.45, 2.75) is 54.0 Å². The molecule has 1 rings (SSSR count). The first kappa shape index (κ1) is 23.5. The quantitative estimate of drug-likeness (QED) is 0.631. The van der Waals surface area contributed by atoms with Gasteiger partial charge in [-0.15, -0.1) is 0 Å². The highest BCUT2D eigenvalue weighted by Gasteiger charge is 2.21. The fourth-order valence-corrected chi connectivity index (χ4v) is 2.48. The van der Waals surface area contributed by atoms with Crippen molar-refractivity contribution in [2.75, 3.05) is 18.5 Å². The van der Waals surface area contributed by atoms with Gasteiger partial charge in [0.05, 0.1) is 6.61 Å². The summed E-state index contributed by atoms with van der Waals surface area (Å²) in [6.07, 6.45) is 0.218. The summed E-state index contributed by atoms with van der Waals surface area (Å²) < 4.78 is 4.92. The van der Waals surface area contributed by atoms with Crippen LogP contribution in [0.5, 0.6) is 0 Å². The van der Waals surface area contributed by atoms with Crippen LogP contribution in [-0.4, -0.2) is 37.1 Å². The summed E-state index contributed by atoms with van der Waals surface area (Å²) in [7, 11) is 0. The zero-order chi connectivity index (χ0) is 21.3. The molecule has 3 N–H and O–H groups in total. The van der Waals surface area contributed by atoms with Crippen LogP contribution in [0.25, 0.3) is 0 Å². The lowest BCUT2D eigenvalue weighted by Gasteiger charge is -2.21. The number of amides is 3. The molecule has 0 spiro atoms. The number of ether oxygens (including phenoxy) is 1. The Balaban J connectivity index is 2.73. The molecular formula is C21H33N3O4. The van der Waals surface area contributed by atoms with E-state index in [1.165, 1.54) is 0 Å². The highest BCUT2D eigenvalue weighted by Crippen LogP contribution is 2.18. The standard InChI is InChI=1S/C21H33N3O4/c1-7-28-20(27)24-17(11-14(2)3)13-22-18(25)15-9-8-10-16(12-15)23-19(26)21(4,5)6/h8-10,12,14,17H,7,11,13H2,1-6H3,(H,22,25)(H,23,26)(H,24,27). The minimum absolute atomic E-state index is 0.124. The van der Waals surface area contributed by atoms with Gasteiger partial charge in [-0.25, -0.2) is 4.79 Å². The molecule has 0 aliphatic heterocycles. The normalized spacial score (nSPS) is 12.2. The van der Waals surface area contributed by atoms with Crippen LogP contribution in [0.1, 0.15) is 58.3 Å². The molecule has 0 bridgehead atoms. The molecule has 0 aliphatic carbocycles. The highest BCUT2D eigenvalue weighted by atomic mass is 16.5. The minimum Gasteiger partial charge on any atom is -0.450 e. The SMILES string of the molecule is CCOC(=O)NC(CNC(=O)c1cccc(NC(=O)C(C)(C)C)c1)CC(C)C. The molecule has 0 radical (unpaired) electrons. The third-order valence-corrected chi connectivity index (χ3v) is 3.93. The summed E-state index contributed by atoms with van der Waals surface area (Å²) in [4.78, 5) is 36.3. The Labute approximate surface area is 167 Å². The molecule has 0 aromatic heterocycles. The van der Waals surface area contributed by atoms with E-state index in [0.717, 1.165) is 0 Å². The molecule has 7 nitrogen and oxygen atoms in total. The number of benzene rings is 1. The molecule has 0 aliphatic rings. The fourth-order valence-electron chi connectivity index (χ4n) is 2.48. The average molecular weight is 392 g/mol. The largest absolute Gasteiger partial charge is 0.450 e. The Kier molecular flexibility index (Phi) is 8.96. The fraction of sp³-hybridized carbons (Fsp3) is 0.571. The molecule has 3 amide bonds. The second kappa shape index (κ2) is 10.7. The van der Waals surface area contributed by atoms with Gasteiger partial charge in [-0.1, -0.05) is 40.7 Å². The van der Waals surface area contributed by atoms with Crippen molar-refractivity contribution in [2.24, 2.45) is 11.3 Å². The second-order valence-electron chi connectivity index (χ2n) is 8.19. The van der Waals surface area contributed by atoms with E-state index in [-0.39, 0.29) is 24.4 Å². The number of rotatable bonds is 8. The van der Waals surface area contributed by atoms with Crippen LogP contribution in [0, 0.1) is 11.3 Å². The minimum atomic E-state index is -0.527. The molecule has 0 saturated heterocycles. The molecule has 156 valence electrons. The first-order chi connectivity index (χ1) is 13.0. The maximum Gasteiger partial charge on any atom is 0.407 e. The highest BCUT2D eigenvalue weighted by molar-refractivity contribution is 5.98. The van der Waals surface area contributed by atoms with Crippen LogP contribution in [0.15, 0.2) is 24.3 Å². The van der Waals surface area contributed by atoms with Crippen LogP contribution in [0.2, 0.25) is 0 Å². The van der Waals surface area contributed by atoms with Crippen molar-refractivity contribution in [3.05, 3.63) is 29.8 Å². The lowest BCUT2D eigenvalue weighted by atomic mass is 9.95. The number of alkyl carbamates (subject to hydrolysis) is 1. The van der Waals surface area contributed by atoms with E-state index in [4.69, 9.17) is 4.74 Å². The third kappa shape index (κ3) is 8.41. The van der Waals surface area contributed by atoms with E-state index >= 15 is 0 Å². The first-order valence-corrected chi connectivity index (χ1v) is 9.66. The van der Waals surface area contributed by atoms with Crippen LogP contribution >= 0.6 is 0 Å². The Morgan fingerprint density at radius 2 is 1.82 bits per heavy atom. The molecule has 0 fully saturated rings. The second-order valence-corrected chi connectivity index (χ2v) is 8.19. The van der Waals surface area contributed by atoms with Crippen LogP contribution < -0.4 is 16.0 Å². The topological polar surface area (TPSA) is 96.5 Å². The van der Waals surface area contributed by atoms with Gasteiger partial charge in [-0.05, 0) is 37.5 Å². The summed E-state index contributed by atoms with van der Waals surface area (Å²) in [5.41, 5.74) is 0.475. The van der Waals surface area contributed by atoms with Crippen LogP contribution in [0.3, 0.4) is 0 Å². The van der Waals surface area contributed by atoms with E-state index in [1.807, 2.05) is 34.6 Å². The van der Waals surface area contributed by atoms with Crippen molar-refractivity contribution >= 4 is 23.6 Å². The maximum atomic E-state index is 12.5. The van der Waals surface area contributed by atoms with Crippen molar-refractivity contribution in [3.8, 4) is 0 Å². The Morgan fingerprint density at radius 3 is 2.39 bits per heavy atom. The number of hydrogen-bond donors (Lipinski definition) is 3. The number of carbonyl (C=O) groups excluding carboxylic acids is 3. The molecule has 7 heteroatoms. The Hall–Kier alpha value is -2.57. The molecule has 1 unspecified atom stereocenters. The van der Waals surface area contributed by atoms with Gasteiger partial charge in [0.25, 0.3) is 5.91 Å². The predicted molar refractivity (Wildman–Crippen MR) is 110 cm³/mol. The molecule has 0 saturated carbocycles. The zero-order valence-electron chi connectivity index (χ0n) is 17.7. The van der Waals surface area contributed by atoms with Gasteiger partial charge in [-0.3, -0.25) is 9.59 Å². The number of hydrogen-bond acceptors (Lipinski definition) is 4. The van der Waals surface area contributed by atoms with Gasteiger partial charge < -0.3 is 20.7 Å². The predicted octanol–water partition coefficient (Wildman–Crippen LogP) is 3.56. The lowest BCUT2D eigenvalue weighted by molar-refractivity contribution is -0.123. The van der Waals surface area contributed by atoms with E-state index in [1.54, 1.807) is 31.2 Å². The zero-order valence-corrected chi connectivity index (χ0v) is 17.7. The molecule has 1 aromatic rings. The number of anilines is 1. The number of nitrogens with one attached hydrogen (secondary N) is 3. The Morgan fingerprint density at radius 1 is 1.14 bits per heavy atom. The monoisotopic (exact) mass is 391 g/mol. The summed E-state index contributed by atoms with van der Waals surface area (Å²) in [5.74, 6) is -0.0493. The molecule has 1 atom stereocenters. The summed E-state index contributed by atoms with van der Waals surface area (Å²) in [6.45, 7) is 11.9. The van der Waals surface area contributed by atoms with E-state index < -0.39 is 11.5 Å². The van der Waals surface area contributed by atoms with E-state index in [9.17, 15) is 14.4 Å². The smallest absolute Gasteiger partial charge is 0.407 e. The van der Waals surface area contributed by atoms with Crippen LogP contribution in [-0.2, 0) is 9.53 Å². The van der Waals surface area contributed by atoms with Gasteiger partial charge >= 0.3 is 6.09 Å². The van der Waals surface area contributed by atoms with Crippen molar-refractivity contribution in [1.82, 2.24) is 10.6 Å². The van der Waals surface area contributed by atoms with Crippen molar-refractivity contribution in [1.29, 1.82) is 0 Å². The molecule has 28 heavy (non-hydrogen) atoms. The summed E-state index contributed by atoms with van der Waals surface area (Å²) >= 11 is 0. The average Bonchev–Trinajstić information content (AvgIpc) is 2.58. The number of carbonyl (C=O) groups is 3. The molecule has 0 heterocycles. The van der Waals surface area contributed by atoms with Crippen molar-refractivity contribution in [3.63, 3.8) is 0 Å². The van der Waals surface area contributed by atoms with Gasteiger partial charge in [0.15, 0.2) is 0 Å². The lowest BCUT2D eigenvalue weighted by Crippen LogP contribution is -2.44. The van der Waals surface area contributed by atoms with Crippen molar-refractivity contribution < 1.29 is 19.1 Å². The molecular weight excluding hydrogens is 358 g/mol. The van der Waals surface area contributed by atoms with Gasteiger partial charge in [0, 0.05) is 29.3 Å². The summed E-state index contributed by atoms with van der Waals surface area (Å²) in [5, 5.41) is 8.43. The van der Waals surface area contributed by atoms with E-state index in [0.29, 0.717) is 30.2 Å². The summed E-state index contributed by atoms with van der Waals surface area (Å²) in [6, 6.07) is 6.54. The van der Waals surface area contributed by atoms with Gasteiger partial charge in [0.1, 0.15) is 0 Å². The van der Waals surface area contributed by atoms with Crippen LogP contribution in [0.4, 0.5) is 10.5 Å². The first-order valence-electron chi connectivity index (χ1n) is 9.66. The van der Waals surface area contributed by atoms with Gasteiger partial charge in [-0.2, -0.15) is 0 Å². The Bertz CT molecular complexity index is 680. The molecule has 1 aromatic carbocycles. The van der Waals surface area contributed by atoms with E-state index in [2.05, 4.69) is 16.0 Å². The third-order valence-electron chi connectivity index (χ3n) is 3.93. The maximum absolute atomic E-state index is 12.5.